The van der Waals surface area contributed by atoms with E-state index in [1.165, 1.54) is 24.2 Å². The zero-order valence-corrected chi connectivity index (χ0v) is 12.9. The lowest BCUT2D eigenvalue weighted by molar-refractivity contribution is 0.0284. The van der Waals surface area contributed by atoms with Crippen LogP contribution in [0.25, 0.3) is 0 Å². The average Bonchev–Trinajstić information content (AvgIpc) is 2.93. The Hall–Kier alpha value is -0.590. The highest BCUT2D eigenvalue weighted by Gasteiger charge is 2.51. The standard InChI is InChI=1S/C14H18N2O2S2/c17-13(12-6-19-9-15-12)16-7-14(8-16)3-11(5-20-14)18-4-10-1-2-10/h6,9-11H,1-5,7-8H2/t11-/m0/s1. The summed E-state index contributed by atoms with van der Waals surface area (Å²) in [6.45, 7) is 2.66. The number of rotatable bonds is 4. The number of carbonyl (C=O) groups is 1. The molecule has 3 heterocycles. The summed E-state index contributed by atoms with van der Waals surface area (Å²) >= 11 is 3.47. The van der Waals surface area contributed by atoms with Crippen LogP contribution in [0.5, 0.6) is 0 Å². The summed E-state index contributed by atoms with van der Waals surface area (Å²) in [7, 11) is 0. The molecule has 1 atom stereocenters. The molecule has 2 aliphatic heterocycles. The Morgan fingerprint density at radius 2 is 2.35 bits per heavy atom. The van der Waals surface area contributed by atoms with Crippen LogP contribution in [0.15, 0.2) is 10.9 Å². The van der Waals surface area contributed by atoms with Crippen molar-refractivity contribution >= 4 is 29.0 Å². The second-order valence-electron chi connectivity index (χ2n) is 6.13. The molecule has 4 nitrogen and oxygen atoms in total. The molecule has 1 saturated carbocycles. The van der Waals surface area contributed by atoms with E-state index in [9.17, 15) is 4.79 Å². The summed E-state index contributed by atoms with van der Waals surface area (Å²) in [5.41, 5.74) is 2.31. The van der Waals surface area contributed by atoms with Crippen molar-refractivity contribution < 1.29 is 9.53 Å². The first kappa shape index (κ1) is 13.1. The topological polar surface area (TPSA) is 42.4 Å². The largest absolute Gasteiger partial charge is 0.377 e. The van der Waals surface area contributed by atoms with Crippen molar-refractivity contribution in [3.63, 3.8) is 0 Å². The van der Waals surface area contributed by atoms with Gasteiger partial charge in [-0.1, -0.05) is 0 Å². The molecule has 1 aromatic heterocycles. The molecule has 20 heavy (non-hydrogen) atoms. The number of thiazole rings is 1. The number of ether oxygens (including phenoxy) is 1. The molecule has 4 rings (SSSR count). The number of hydrogen-bond acceptors (Lipinski definition) is 5. The van der Waals surface area contributed by atoms with Gasteiger partial charge < -0.3 is 9.64 Å². The van der Waals surface area contributed by atoms with E-state index in [1.54, 1.807) is 5.51 Å². The van der Waals surface area contributed by atoms with Gasteiger partial charge in [0.2, 0.25) is 0 Å². The van der Waals surface area contributed by atoms with Gasteiger partial charge in [0.15, 0.2) is 0 Å². The predicted molar refractivity (Wildman–Crippen MR) is 80.3 cm³/mol. The normalized spacial score (nSPS) is 27.8. The third-order valence-corrected chi connectivity index (χ3v) is 6.50. The van der Waals surface area contributed by atoms with Crippen LogP contribution in [0, 0.1) is 5.92 Å². The molecule has 0 bridgehead atoms. The van der Waals surface area contributed by atoms with Crippen LogP contribution in [0.2, 0.25) is 0 Å². The molecule has 6 heteroatoms. The Bertz CT molecular complexity index is 495. The number of thioether (sulfide) groups is 1. The minimum Gasteiger partial charge on any atom is -0.377 e. The van der Waals surface area contributed by atoms with E-state index >= 15 is 0 Å². The van der Waals surface area contributed by atoms with Crippen molar-refractivity contribution in [3.05, 3.63) is 16.6 Å². The molecule has 1 aliphatic carbocycles. The Morgan fingerprint density at radius 1 is 1.50 bits per heavy atom. The Labute approximate surface area is 126 Å². The molecule has 3 aliphatic rings. The third-order valence-electron chi connectivity index (χ3n) is 4.34. The highest BCUT2D eigenvalue weighted by Crippen LogP contribution is 2.46. The van der Waals surface area contributed by atoms with E-state index < -0.39 is 0 Å². The van der Waals surface area contributed by atoms with Crippen LogP contribution in [0.3, 0.4) is 0 Å². The molecule has 1 amide bonds. The maximum absolute atomic E-state index is 12.2. The molecule has 3 fully saturated rings. The maximum atomic E-state index is 12.2. The predicted octanol–water partition coefficient (Wildman–Crippen LogP) is 2.27. The molecule has 1 spiro atoms. The Kier molecular flexibility index (Phi) is 3.27. The van der Waals surface area contributed by atoms with Gasteiger partial charge in [-0.3, -0.25) is 4.79 Å². The lowest BCUT2D eigenvalue weighted by atomic mass is 9.92. The number of aromatic nitrogens is 1. The first-order valence-electron chi connectivity index (χ1n) is 7.17. The van der Waals surface area contributed by atoms with Gasteiger partial charge in [0.1, 0.15) is 5.69 Å². The lowest BCUT2D eigenvalue weighted by Gasteiger charge is -2.47. The fourth-order valence-corrected chi connectivity index (χ4v) is 5.04. The number of carbonyl (C=O) groups excluding carboxylic acids is 1. The molecular weight excluding hydrogens is 292 g/mol. The first-order valence-corrected chi connectivity index (χ1v) is 9.10. The lowest BCUT2D eigenvalue weighted by Crippen LogP contribution is -2.60. The van der Waals surface area contributed by atoms with E-state index in [0.29, 0.717) is 11.8 Å². The van der Waals surface area contributed by atoms with Crippen molar-refractivity contribution in [1.29, 1.82) is 0 Å². The van der Waals surface area contributed by atoms with Crippen molar-refractivity contribution in [2.24, 2.45) is 5.92 Å². The second kappa shape index (κ2) is 5.00. The number of hydrogen-bond donors (Lipinski definition) is 0. The van der Waals surface area contributed by atoms with Crippen LogP contribution < -0.4 is 0 Å². The van der Waals surface area contributed by atoms with Crippen molar-refractivity contribution in [2.75, 3.05) is 25.4 Å². The van der Waals surface area contributed by atoms with E-state index in [4.69, 9.17) is 4.74 Å². The number of amides is 1. The van der Waals surface area contributed by atoms with Crippen LogP contribution in [0.1, 0.15) is 29.8 Å². The van der Waals surface area contributed by atoms with Crippen LogP contribution in [-0.2, 0) is 4.74 Å². The van der Waals surface area contributed by atoms with Crippen LogP contribution in [0.4, 0.5) is 0 Å². The number of likely N-dealkylation sites (tertiary alicyclic amines) is 1. The Morgan fingerprint density at radius 3 is 3.05 bits per heavy atom. The quantitative estimate of drug-likeness (QED) is 0.855. The monoisotopic (exact) mass is 310 g/mol. The van der Waals surface area contributed by atoms with Gasteiger partial charge in [0.25, 0.3) is 5.91 Å². The molecule has 108 valence electrons. The maximum Gasteiger partial charge on any atom is 0.273 e. The van der Waals surface area contributed by atoms with E-state index in [2.05, 4.69) is 4.98 Å². The summed E-state index contributed by atoms with van der Waals surface area (Å²) in [4.78, 5) is 18.2. The van der Waals surface area contributed by atoms with Gasteiger partial charge >= 0.3 is 0 Å². The Balaban J connectivity index is 1.28. The van der Waals surface area contributed by atoms with Crippen LogP contribution in [-0.4, -0.2) is 52.1 Å². The molecule has 0 aromatic carbocycles. The SMILES string of the molecule is O=C(c1cscn1)N1CC2(C[C@H](OCC3CC3)CS2)C1. The van der Waals surface area contributed by atoms with Crippen molar-refractivity contribution in [3.8, 4) is 0 Å². The average molecular weight is 310 g/mol. The molecule has 0 N–H and O–H groups in total. The third kappa shape index (κ3) is 2.49. The smallest absolute Gasteiger partial charge is 0.273 e. The van der Waals surface area contributed by atoms with Crippen LogP contribution >= 0.6 is 23.1 Å². The molecule has 0 unspecified atom stereocenters. The zero-order valence-electron chi connectivity index (χ0n) is 11.3. The van der Waals surface area contributed by atoms with Gasteiger partial charge in [0.05, 0.1) is 16.4 Å². The molecule has 2 saturated heterocycles. The number of nitrogens with zero attached hydrogens (tertiary/aromatic N) is 2. The highest BCUT2D eigenvalue weighted by atomic mass is 32.2. The highest BCUT2D eigenvalue weighted by molar-refractivity contribution is 8.01. The summed E-state index contributed by atoms with van der Waals surface area (Å²) in [5.74, 6) is 2.01. The van der Waals surface area contributed by atoms with E-state index in [0.717, 1.165) is 37.8 Å². The minimum absolute atomic E-state index is 0.0832. The van der Waals surface area contributed by atoms with Gasteiger partial charge in [0, 0.05) is 30.8 Å². The van der Waals surface area contributed by atoms with E-state index in [-0.39, 0.29) is 10.7 Å². The van der Waals surface area contributed by atoms with Crippen molar-refractivity contribution in [1.82, 2.24) is 9.88 Å². The molecule has 1 aromatic rings. The van der Waals surface area contributed by atoms with Gasteiger partial charge in [-0.15, -0.1) is 23.1 Å². The zero-order chi connectivity index (χ0) is 13.6. The summed E-state index contributed by atoms with van der Waals surface area (Å²) in [5, 5.41) is 1.83. The first-order chi connectivity index (χ1) is 9.74. The summed E-state index contributed by atoms with van der Waals surface area (Å²) in [6.07, 6.45) is 4.20. The molecular formula is C14H18N2O2S2. The van der Waals surface area contributed by atoms with Gasteiger partial charge in [-0.05, 0) is 25.2 Å². The summed E-state index contributed by atoms with van der Waals surface area (Å²) in [6, 6.07) is 0. The fourth-order valence-electron chi connectivity index (χ4n) is 2.96. The summed E-state index contributed by atoms with van der Waals surface area (Å²) < 4.78 is 6.25. The van der Waals surface area contributed by atoms with Gasteiger partial charge in [-0.25, -0.2) is 4.98 Å². The minimum atomic E-state index is 0.0832. The van der Waals surface area contributed by atoms with Crippen molar-refractivity contribution in [2.45, 2.75) is 30.1 Å². The van der Waals surface area contributed by atoms with E-state index in [1.807, 2.05) is 22.0 Å². The molecule has 0 radical (unpaired) electrons. The fraction of sp³-hybridized carbons (Fsp3) is 0.714. The second-order valence-corrected chi connectivity index (χ2v) is 8.34. The van der Waals surface area contributed by atoms with Gasteiger partial charge in [-0.2, -0.15) is 0 Å².